The standard InChI is InChI=1S/C11H13ClN2.ClH/c1-8-7-9-10(12)3-2-4-11(9)14(8)6-5-13;/h2-4,7H,5-6,13H2,1H3;1H. The molecule has 15 heavy (non-hydrogen) atoms. The van der Waals surface area contributed by atoms with Crippen LogP contribution in [0.1, 0.15) is 5.69 Å². The molecule has 0 saturated heterocycles. The molecule has 0 amide bonds. The Kier molecular flexibility index (Phi) is 4.03. The predicted molar refractivity (Wildman–Crippen MR) is 68.0 cm³/mol. The van der Waals surface area contributed by atoms with Crippen LogP contribution in [0.2, 0.25) is 5.02 Å². The molecule has 4 heteroatoms. The first-order chi connectivity index (χ1) is 6.74. The second-order valence-electron chi connectivity index (χ2n) is 3.40. The van der Waals surface area contributed by atoms with Crippen molar-refractivity contribution in [2.24, 2.45) is 5.73 Å². The molecule has 0 aliphatic rings. The maximum Gasteiger partial charge on any atom is 0.0499 e. The average Bonchev–Trinajstić information content (AvgIpc) is 2.47. The Hall–Kier alpha value is -0.700. The third-order valence-corrected chi connectivity index (χ3v) is 2.78. The third kappa shape index (κ3) is 2.12. The van der Waals surface area contributed by atoms with E-state index >= 15 is 0 Å². The van der Waals surface area contributed by atoms with Gasteiger partial charge in [-0.3, -0.25) is 0 Å². The summed E-state index contributed by atoms with van der Waals surface area (Å²) in [6.07, 6.45) is 0. The number of hydrogen-bond acceptors (Lipinski definition) is 1. The van der Waals surface area contributed by atoms with Crippen LogP contribution in [0.5, 0.6) is 0 Å². The Bertz CT molecular complexity index is 463. The van der Waals surface area contributed by atoms with Crippen molar-refractivity contribution in [3.05, 3.63) is 35.0 Å². The van der Waals surface area contributed by atoms with Gasteiger partial charge in [-0.05, 0) is 25.1 Å². The van der Waals surface area contributed by atoms with Crippen molar-refractivity contribution in [3.63, 3.8) is 0 Å². The van der Waals surface area contributed by atoms with Crippen molar-refractivity contribution in [2.45, 2.75) is 13.5 Å². The SMILES string of the molecule is Cc1cc2c(Cl)cccc2n1CCN.Cl. The molecule has 0 aliphatic heterocycles. The molecule has 0 spiro atoms. The van der Waals surface area contributed by atoms with Gasteiger partial charge in [0.15, 0.2) is 0 Å². The van der Waals surface area contributed by atoms with Gasteiger partial charge in [0.05, 0.1) is 0 Å². The molecule has 0 atom stereocenters. The lowest BCUT2D eigenvalue weighted by Gasteiger charge is -2.05. The first kappa shape index (κ1) is 12.4. The molecule has 2 rings (SSSR count). The van der Waals surface area contributed by atoms with Crippen LogP contribution in [0.15, 0.2) is 24.3 Å². The summed E-state index contributed by atoms with van der Waals surface area (Å²) in [6, 6.07) is 8.06. The highest BCUT2D eigenvalue weighted by atomic mass is 35.5. The fourth-order valence-electron chi connectivity index (χ4n) is 1.81. The third-order valence-electron chi connectivity index (χ3n) is 2.45. The second-order valence-corrected chi connectivity index (χ2v) is 3.81. The van der Waals surface area contributed by atoms with Crippen LogP contribution in [0.25, 0.3) is 10.9 Å². The number of nitrogens with zero attached hydrogens (tertiary/aromatic N) is 1. The summed E-state index contributed by atoms with van der Waals surface area (Å²) in [4.78, 5) is 0. The van der Waals surface area contributed by atoms with E-state index < -0.39 is 0 Å². The van der Waals surface area contributed by atoms with Crippen LogP contribution < -0.4 is 5.73 Å². The van der Waals surface area contributed by atoms with E-state index in [0.29, 0.717) is 6.54 Å². The molecule has 0 fully saturated rings. The van der Waals surface area contributed by atoms with Gasteiger partial charge in [0, 0.05) is 34.7 Å². The van der Waals surface area contributed by atoms with Gasteiger partial charge in [-0.15, -0.1) is 12.4 Å². The number of fused-ring (bicyclic) bond motifs is 1. The van der Waals surface area contributed by atoms with Crippen molar-refractivity contribution < 1.29 is 0 Å². The topological polar surface area (TPSA) is 30.9 Å². The molecule has 82 valence electrons. The summed E-state index contributed by atoms with van der Waals surface area (Å²) >= 11 is 6.10. The van der Waals surface area contributed by atoms with Crippen LogP contribution in [0.4, 0.5) is 0 Å². The van der Waals surface area contributed by atoms with Gasteiger partial charge in [0.2, 0.25) is 0 Å². The van der Waals surface area contributed by atoms with E-state index in [9.17, 15) is 0 Å². The minimum Gasteiger partial charge on any atom is -0.344 e. The van der Waals surface area contributed by atoms with Gasteiger partial charge in [-0.25, -0.2) is 0 Å². The van der Waals surface area contributed by atoms with Crippen LogP contribution in [0, 0.1) is 6.92 Å². The number of rotatable bonds is 2. The van der Waals surface area contributed by atoms with Crippen LogP contribution in [0.3, 0.4) is 0 Å². The Labute approximate surface area is 100 Å². The molecule has 0 saturated carbocycles. The number of benzene rings is 1. The largest absolute Gasteiger partial charge is 0.344 e. The summed E-state index contributed by atoms with van der Waals surface area (Å²) < 4.78 is 2.20. The average molecular weight is 245 g/mol. The van der Waals surface area contributed by atoms with Gasteiger partial charge < -0.3 is 10.3 Å². The van der Waals surface area contributed by atoms with Gasteiger partial charge in [-0.2, -0.15) is 0 Å². The zero-order valence-corrected chi connectivity index (χ0v) is 10.1. The lowest BCUT2D eigenvalue weighted by atomic mass is 10.2. The van der Waals surface area contributed by atoms with Crippen molar-refractivity contribution in [1.82, 2.24) is 4.57 Å². The molecule has 1 aromatic carbocycles. The van der Waals surface area contributed by atoms with Crippen molar-refractivity contribution in [3.8, 4) is 0 Å². The molecule has 0 radical (unpaired) electrons. The monoisotopic (exact) mass is 244 g/mol. The maximum absolute atomic E-state index is 6.10. The number of aromatic nitrogens is 1. The molecule has 2 nitrogen and oxygen atoms in total. The van der Waals surface area contributed by atoms with E-state index in [1.165, 1.54) is 11.2 Å². The highest BCUT2D eigenvalue weighted by molar-refractivity contribution is 6.35. The molecule has 2 aromatic rings. The summed E-state index contributed by atoms with van der Waals surface area (Å²) in [6.45, 7) is 3.57. The first-order valence-electron chi connectivity index (χ1n) is 4.68. The number of halogens is 2. The normalized spacial score (nSPS) is 10.3. The Morgan fingerprint density at radius 1 is 1.40 bits per heavy atom. The molecule has 2 N–H and O–H groups in total. The van der Waals surface area contributed by atoms with E-state index in [2.05, 4.69) is 23.6 Å². The van der Waals surface area contributed by atoms with Crippen molar-refractivity contribution in [1.29, 1.82) is 0 Å². The predicted octanol–water partition coefficient (Wildman–Crippen LogP) is 2.98. The molecular formula is C11H14Cl2N2. The van der Waals surface area contributed by atoms with Crippen LogP contribution in [-0.2, 0) is 6.54 Å². The van der Waals surface area contributed by atoms with E-state index in [1.54, 1.807) is 0 Å². The fraction of sp³-hybridized carbons (Fsp3) is 0.273. The Morgan fingerprint density at radius 3 is 2.80 bits per heavy atom. The second kappa shape index (κ2) is 4.88. The molecule has 0 bridgehead atoms. The minimum absolute atomic E-state index is 0. The van der Waals surface area contributed by atoms with Gasteiger partial charge in [-0.1, -0.05) is 17.7 Å². The maximum atomic E-state index is 6.10. The van der Waals surface area contributed by atoms with E-state index in [0.717, 1.165) is 17.0 Å². The van der Waals surface area contributed by atoms with Gasteiger partial charge in [0.25, 0.3) is 0 Å². The Morgan fingerprint density at radius 2 is 2.13 bits per heavy atom. The summed E-state index contributed by atoms with van der Waals surface area (Å²) in [5.41, 5.74) is 7.94. The zero-order chi connectivity index (χ0) is 10.1. The first-order valence-corrected chi connectivity index (χ1v) is 5.06. The quantitative estimate of drug-likeness (QED) is 0.866. The number of hydrogen-bond donors (Lipinski definition) is 1. The lowest BCUT2D eigenvalue weighted by Crippen LogP contribution is -2.10. The fourth-order valence-corrected chi connectivity index (χ4v) is 2.03. The number of aryl methyl sites for hydroxylation is 1. The summed E-state index contributed by atoms with van der Waals surface area (Å²) in [7, 11) is 0. The van der Waals surface area contributed by atoms with Crippen LogP contribution >= 0.6 is 24.0 Å². The van der Waals surface area contributed by atoms with Gasteiger partial charge >= 0.3 is 0 Å². The van der Waals surface area contributed by atoms with Crippen LogP contribution in [-0.4, -0.2) is 11.1 Å². The lowest BCUT2D eigenvalue weighted by molar-refractivity contribution is 0.715. The highest BCUT2D eigenvalue weighted by Gasteiger charge is 2.06. The molecule has 1 aromatic heterocycles. The highest BCUT2D eigenvalue weighted by Crippen LogP contribution is 2.26. The smallest absolute Gasteiger partial charge is 0.0499 e. The molecular weight excluding hydrogens is 231 g/mol. The zero-order valence-electron chi connectivity index (χ0n) is 8.53. The number of nitrogens with two attached hydrogens (primary N) is 1. The minimum atomic E-state index is 0. The molecule has 0 aliphatic carbocycles. The van der Waals surface area contributed by atoms with E-state index in [1.807, 2.05) is 12.1 Å². The van der Waals surface area contributed by atoms with Gasteiger partial charge in [0.1, 0.15) is 0 Å². The van der Waals surface area contributed by atoms with Crippen molar-refractivity contribution in [2.75, 3.05) is 6.54 Å². The molecule has 0 unspecified atom stereocenters. The van der Waals surface area contributed by atoms with E-state index in [4.69, 9.17) is 17.3 Å². The van der Waals surface area contributed by atoms with E-state index in [-0.39, 0.29) is 12.4 Å². The van der Waals surface area contributed by atoms with Crippen molar-refractivity contribution >= 4 is 34.9 Å². The molecule has 1 heterocycles. The summed E-state index contributed by atoms with van der Waals surface area (Å²) in [5.74, 6) is 0. The Balaban J connectivity index is 0.00000112. The summed E-state index contributed by atoms with van der Waals surface area (Å²) in [5, 5.41) is 1.92.